The lowest BCUT2D eigenvalue weighted by Crippen LogP contribution is -2.63. The van der Waals surface area contributed by atoms with Gasteiger partial charge >= 0.3 is 0 Å². The molecule has 2 N–H and O–H groups in total. The Balaban J connectivity index is 1.67. The molecule has 5 heteroatoms. The molecule has 1 aliphatic carbocycles. The third-order valence-electron chi connectivity index (χ3n) is 5.22. The number of hydrogen-bond acceptors (Lipinski definition) is 3. The fourth-order valence-electron chi connectivity index (χ4n) is 3.97. The van der Waals surface area contributed by atoms with Crippen LogP contribution in [-0.4, -0.2) is 54.9 Å². The summed E-state index contributed by atoms with van der Waals surface area (Å²) in [5.74, 6) is 0.715. The Labute approximate surface area is 127 Å². The minimum atomic E-state index is -0.188. The van der Waals surface area contributed by atoms with E-state index in [2.05, 4.69) is 4.90 Å². The van der Waals surface area contributed by atoms with Gasteiger partial charge in [0.2, 0.25) is 0 Å². The van der Waals surface area contributed by atoms with E-state index in [0.29, 0.717) is 5.96 Å². The summed E-state index contributed by atoms with van der Waals surface area (Å²) < 4.78 is 11.9. The molecule has 2 aliphatic heterocycles. The van der Waals surface area contributed by atoms with Crippen LogP contribution in [0.1, 0.15) is 51.9 Å². The second kappa shape index (κ2) is 6.53. The molecule has 3 rings (SSSR count). The van der Waals surface area contributed by atoms with E-state index in [9.17, 15) is 0 Å². The van der Waals surface area contributed by atoms with Gasteiger partial charge in [0.15, 0.2) is 5.96 Å². The maximum atomic E-state index is 6.28. The van der Waals surface area contributed by atoms with Gasteiger partial charge in [-0.15, -0.1) is 0 Å². The molecule has 0 aromatic carbocycles. The van der Waals surface area contributed by atoms with Gasteiger partial charge in [-0.05, 0) is 32.6 Å². The molecule has 0 amide bonds. The number of guanidine groups is 1. The number of likely N-dealkylation sites (tertiary alicyclic amines) is 1. The van der Waals surface area contributed by atoms with Crippen LogP contribution in [-0.2, 0) is 9.47 Å². The fourth-order valence-corrected chi connectivity index (χ4v) is 3.97. The smallest absolute Gasteiger partial charge is 0.191 e. The zero-order chi connectivity index (χ0) is 14.7. The normalized spacial score (nSPS) is 37.6. The molecular formula is C16H29N3O2. The predicted molar refractivity (Wildman–Crippen MR) is 83.4 cm³/mol. The first-order chi connectivity index (χ1) is 10.3. The van der Waals surface area contributed by atoms with Crippen molar-refractivity contribution in [2.24, 2.45) is 10.7 Å². The highest BCUT2D eigenvalue weighted by Crippen LogP contribution is 2.47. The second-order valence-electron chi connectivity index (χ2n) is 6.49. The molecule has 120 valence electrons. The van der Waals surface area contributed by atoms with Gasteiger partial charge in [0, 0.05) is 32.7 Å². The maximum Gasteiger partial charge on any atom is 0.191 e. The zero-order valence-corrected chi connectivity index (χ0v) is 13.2. The molecule has 0 aromatic heterocycles. The minimum Gasteiger partial charge on any atom is -0.375 e. The van der Waals surface area contributed by atoms with Crippen molar-refractivity contribution >= 4 is 5.96 Å². The quantitative estimate of drug-likeness (QED) is 0.638. The van der Waals surface area contributed by atoms with Gasteiger partial charge < -0.3 is 20.1 Å². The van der Waals surface area contributed by atoms with Crippen LogP contribution >= 0.6 is 0 Å². The molecule has 3 fully saturated rings. The molecule has 5 nitrogen and oxygen atoms in total. The van der Waals surface area contributed by atoms with E-state index < -0.39 is 0 Å². The Bertz CT molecular complexity index is 372. The number of nitrogens with zero attached hydrogens (tertiary/aromatic N) is 2. The lowest BCUT2D eigenvalue weighted by Gasteiger charge is -2.50. The number of ether oxygens (including phenoxy) is 2. The fraction of sp³-hybridized carbons (Fsp3) is 0.938. The van der Waals surface area contributed by atoms with Crippen LogP contribution in [0.4, 0.5) is 0 Å². The molecule has 1 spiro atoms. The van der Waals surface area contributed by atoms with Crippen molar-refractivity contribution in [3.8, 4) is 0 Å². The highest BCUT2D eigenvalue weighted by Gasteiger charge is 2.59. The summed E-state index contributed by atoms with van der Waals surface area (Å²) in [4.78, 5) is 7.08. The van der Waals surface area contributed by atoms with Crippen LogP contribution in [0, 0.1) is 0 Å². The van der Waals surface area contributed by atoms with E-state index in [-0.39, 0.29) is 17.7 Å². The first kappa shape index (κ1) is 15.1. The van der Waals surface area contributed by atoms with E-state index in [4.69, 9.17) is 20.2 Å². The Morgan fingerprint density at radius 3 is 2.67 bits per heavy atom. The number of hydrogen-bond donors (Lipinski definition) is 1. The van der Waals surface area contributed by atoms with Gasteiger partial charge in [-0.25, -0.2) is 4.99 Å². The van der Waals surface area contributed by atoms with Crippen LogP contribution in [0.15, 0.2) is 4.99 Å². The molecule has 2 saturated heterocycles. The lowest BCUT2D eigenvalue weighted by atomic mass is 9.70. The van der Waals surface area contributed by atoms with Gasteiger partial charge in [-0.2, -0.15) is 0 Å². The molecule has 3 unspecified atom stereocenters. The zero-order valence-electron chi connectivity index (χ0n) is 13.2. The van der Waals surface area contributed by atoms with Crippen molar-refractivity contribution in [3.63, 3.8) is 0 Å². The molecular weight excluding hydrogens is 266 g/mol. The summed E-state index contributed by atoms with van der Waals surface area (Å²) in [6.45, 7) is 5.72. The van der Waals surface area contributed by atoms with Crippen LogP contribution in [0.25, 0.3) is 0 Å². The average Bonchev–Trinajstić information content (AvgIpc) is 2.86. The Morgan fingerprint density at radius 1 is 1.29 bits per heavy atom. The highest BCUT2D eigenvalue weighted by molar-refractivity contribution is 5.78. The van der Waals surface area contributed by atoms with Crippen molar-refractivity contribution in [1.82, 2.24) is 4.90 Å². The van der Waals surface area contributed by atoms with Crippen molar-refractivity contribution in [2.45, 2.75) is 69.6 Å². The number of nitrogens with two attached hydrogens (primary N) is 1. The van der Waals surface area contributed by atoms with Crippen molar-refractivity contribution in [1.29, 1.82) is 0 Å². The van der Waals surface area contributed by atoms with Crippen LogP contribution in [0.3, 0.4) is 0 Å². The Kier molecular flexibility index (Phi) is 4.69. The van der Waals surface area contributed by atoms with E-state index in [1.165, 1.54) is 25.7 Å². The SMILES string of the molecule is CCOC1CC(N=C(N)N2CCCCCC2)C12CCCO2. The van der Waals surface area contributed by atoms with Gasteiger partial charge in [0.1, 0.15) is 5.60 Å². The third-order valence-corrected chi connectivity index (χ3v) is 5.22. The molecule has 1 saturated carbocycles. The molecule has 0 bridgehead atoms. The van der Waals surface area contributed by atoms with E-state index in [1.807, 2.05) is 6.92 Å². The van der Waals surface area contributed by atoms with E-state index in [1.54, 1.807) is 0 Å². The van der Waals surface area contributed by atoms with Crippen LogP contribution in [0.2, 0.25) is 0 Å². The first-order valence-corrected chi connectivity index (χ1v) is 8.60. The molecule has 21 heavy (non-hydrogen) atoms. The minimum absolute atomic E-state index is 0.180. The van der Waals surface area contributed by atoms with Gasteiger partial charge in [-0.1, -0.05) is 12.8 Å². The number of aliphatic imine (C=N–C) groups is 1. The molecule has 3 atom stereocenters. The summed E-state index contributed by atoms with van der Waals surface area (Å²) in [6.07, 6.45) is 8.39. The van der Waals surface area contributed by atoms with Crippen molar-refractivity contribution in [2.75, 3.05) is 26.3 Å². The lowest BCUT2D eigenvalue weighted by molar-refractivity contribution is -0.189. The van der Waals surface area contributed by atoms with Crippen molar-refractivity contribution in [3.05, 3.63) is 0 Å². The summed E-state index contributed by atoms with van der Waals surface area (Å²) in [5.41, 5.74) is 6.09. The molecule has 2 heterocycles. The summed E-state index contributed by atoms with van der Waals surface area (Å²) in [5, 5.41) is 0. The van der Waals surface area contributed by atoms with E-state index >= 15 is 0 Å². The second-order valence-corrected chi connectivity index (χ2v) is 6.49. The molecule has 0 aromatic rings. The third kappa shape index (κ3) is 2.90. The summed E-state index contributed by atoms with van der Waals surface area (Å²) >= 11 is 0. The summed E-state index contributed by atoms with van der Waals surface area (Å²) in [7, 11) is 0. The first-order valence-electron chi connectivity index (χ1n) is 8.60. The monoisotopic (exact) mass is 295 g/mol. The molecule has 0 radical (unpaired) electrons. The number of rotatable bonds is 3. The Hall–Kier alpha value is -0.810. The van der Waals surface area contributed by atoms with Crippen molar-refractivity contribution < 1.29 is 9.47 Å². The maximum absolute atomic E-state index is 6.28. The van der Waals surface area contributed by atoms with E-state index in [0.717, 1.165) is 45.6 Å². The highest BCUT2D eigenvalue weighted by atomic mass is 16.6. The standard InChI is InChI=1S/C16H29N3O2/c1-2-20-14-12-13(16(14)8-7-11-21-16)18-15(17)19-9-5-3-4-6-10-19/h13-14H,2-12H2,1H3,(H2,17,18). The van der Waals surface area contributed by atoms with Gasteiger partial charge in [0.05, 0.1) is 12.1 Å². The van der Waals surface area contributed by atoms with Gasteiger partial charge in [0.25, 0.3) is 0 Å². The summed E-state index contributed by atoms with van der Waals surface area (Å²) in [6, 6.07) is 0.180. The topological polar surface area (TPSA) is 60.1 Å². The predicted octanol–water partition coefficient (Wildman–Crippen LogP) is 1.90. The van der Waals surface area contributed by atoms with Crippen LogP contribution < -0.4 is 5.73 Å². The Morgan fingerprint density at radius 2 is 2.05 bits per heavy atom. The van der Waals surface area contributed by atoms with Gasteiger partial charge in [-0.3, -0.25) is 0 Å². The molecule has 3 aliphatic rings. The van der Waals surface area contributed by atoms with Crippen LogP contribution in [0.5, 0.6) is 0 Å². The largest absolute Gasteiger partial charge is 0.375 e. The average molecular weight is 295 g/mol.